The number of nitrogens with one attached hydrogen (secondary N) is 1. The van der Waals surface area contributed by atoms with Gasteiger partial charge in [-0.3, -0.25) is 4.79 Å². The molecule has 1 amide bonds. The SMILES string of the molecule is C/C(=N\NC(=O)COc1ccccc1Cl)c1cccc(F)c1. The average molecular weight is 321 g/mol. The summed E-state index contributed by atoms with van der Waals surface area (Å²) in [5.41, 5.74) is 3.43. The molecule has 4 nitrogen and oxygen atoms in total. The highest BCUT2D eigenvalue weighted by atomic mass is 35.5. The van der Waals surface area contributed by atoms with E-state index in [4.69, 9.17) is 16.3 Å². The fourth-order valence-electron chi connectivity index (χ4n) is 1.66. The van der Waals surface area contributed by atoms with E-state index < -0.39 is 5.91 Å². The number of nitrogens with zero attached hydrogens (tertiary/aromatic N) is 1. The number of hydrazone groups is 1. The smallest absolute Gasteiger partial charge is 0.277 e. The number of para-hydroxylation sites is 1. The van der Waals surface area contributed by atoms with Crippen LogP contribution in [-0.2, 0) is 4.79 Å². The summed E-state index contributed by atoms with van der Waals surface area (Å²) in [6.07, 6.45) is 0. The molecule has 114 valence electrons. The maximum atomic E-state index is 13.1. The number of carbonyl (C=O) groups is 1. The Bertz CT molecular complexity index is 704. The summed E-state index contributed by atoms with van der Waals surface area (Å²) in [5, 5.41) is 4.33. The molecule has 0 heterocycles. The predicted molar refractivity (Wildman–Crippen MR) is 83.7 cm³/mol. The summed E-state index contributed by atoms with van der Waals surface area (Å²) in [6, 6.07) is 12.8. The summed E-state index contributed by atoms with van der Waals surface area (Å²) in [7, 11) is 0. The summed E-state index contributed by atoms with van der Waals surface area (Å²) >= 11 is 5.91. The minimum absolute atomic E-state index is 0.219. The van der Waals surface area contributed by atoms with E-state index in [1.807, 2.05) is 0 Å². The maximum absolute atomic E-state index is 13.1. The van der Waals surface area contributed by atoms with Gasteiger partial charge in [-0.15, -0.1) is 0 Å². The first kappa shape index (κ1) is 16.0. The fourth-order valence-corrected chi connectivity index (χ4v) is 1.85. The van der Waals surface area contributed by atoms with Crippen LogP contribution in [0, 0.1) is 5.82 Å². The van der Waals surface area contributed by atoms with E-state index in [1.165, 1.54) is 12.1 Å². The molecule has 0 aliphatic heterocycles. The number of benzene rings is 2. The first-order valence-electron chi connectivity index (χ1n) is 6.52. The second-order valence-corrected chi connectivity index (χ2v) is 4.87. The lowest BCUT2D eigenvalue weighted by molar-refractivity contribution is -0.123. The van der Waals surface area contributed by atoms with E-state index in [0.717, 1.165) is 0 Å². The highest BCUT2D eigenvalue weighted by molar-refractivity contribution is 6.32. The van der Waals surface area contributed by atoms with Crippen molar-refractivity contribution < 1.29 is 13.9 Å². The Hall–Kier alpha value is -2.40. The third kappa shape index (κ3) is 4.56. The third-order valence-corrected chi connectivity index (χ3v) is 3.10. The Labute approximate surface area is 132 Å². The minimum Gasteiger partial charge on any atom is -0.482 e. The van der Waals surface area contributed by atoms with Crippen LogP contribution in [0.5, 0.6) is 5.75 Å². The molecule has 0 unspecified atom stereocenters. The van der Waals surface area contributed by atoms with Crippen LogP contribution in [-0.4, -0.2) is 18.2 Å². The number of hydrogen-bond donors (Lipinski definition) is 1. The lowest BCUT2D eigenvalue weighted by Crippen LogP contribution is -2.25. The molecule has 22 heavy (non-hydrogen) atoms. The number of hydrogen-bond acceptors (Lipinski definition) is 3. The van der Waals surface area contributed by atoms with Crippen LogP contribution in [0.15, 0.2) is 53.6 Å². The van der Waals surface area contributed by atoms with Gasteiger partial charge >= 0.3 is 0 Å². The lowest BCUT2D eigenvalue weighted by Gasteiger charge is -2.07. The topological polar surface area (TPSA) is 50.7 Å². The van der Waals surface area contributed by atoms with Crippen LogP contribution in [0.2, 0.25) is 5.02 Å². The molecule has 0 spiro atoms. The van der Waals surface area contributed by atoms with E-state index in [0.29, 0.717) is 22.0 Å². The van der Waals surface area contributed by atoms with Gasteiger partial charge in [-0.1, -0.05) is 35.9 Å². The monoisotopic (exact) mass is 320 g/mol. The molecule has 0 aromatic heterocycles. The maximum Gasteiger partial charge on any atom is 0.277 e. The molecule has 0 bridgehead atoms. The molecule has 2 aromatic carbocycles. The van der Waals surface area contributed by atoms with E-state index in [2.05, 4.69) is 10.5 Å². The largest absolute Gasteiger partial charge is 0.482 e. The van der Waals surface area contributed by atoms with E-state index >= 15 is 0 Å². The van der Waals surface area contributed by atoms with Crippen molar-refractivity contribution in [1.82, 2.24) is 5.43 Å². The summed E-state index contributed by atoms with van der Waals surface area (Å²) in [5.74, 6) is -0.374. The molecule has 2 rings (SSSR count). The number of halogens is 2. The van der Waals surface area contributed by atoms with Crippen LogP contribution in [0.1, 0.15) is 12.5 Å². The van der Waals surface area contributed by atoms with Gasteiger partial charge in [-0.25, -0.2) is 9.82 Å². The number of carbonyl (C=O) groups excluding carboxylic acids is 1. The molecule has 0 atom stereocenters. The molecule has 0 saturated heterocycles. The molecule has 0 saturated carbocycles. The molecule has 1 N–H and O–H groups in total. The zero-order chi connectivity index (χ0) is 15.9. The minimum atomic E-state index is -0.435. The van der Waals surface area contributed by atoms with Crippen molar-refractivity contribution >= 4 is 23.2 Å². The van der Waals surface area contributed by atoms with Crippen LogP contribution < -0.4 is 10.2 Å². The van der Waals surface area contributed by atoms with Crippen LogP contribution >= 0.6 is 11.6 Å². The van der Waals surface area contributed by atoms with Crippen molar-refractivity contribution in [2.45, 2.75) is 6.92 Å². The lowest BCUT2D eigenvalue weighted by atomic mass is 10.1. The zero-order valence-corrected chi connectivity index (χ0v) is 12.6. The quantitative estimate of drug-likeness (QED) is 0.678. The van der Waals surface area contributed by atoms with Gasteiger partial charge in [0.25, 0.3) is 5.91 Å². The van der Waals surface area contributed by atoms with E-state index in [9.17, 15) is 9.18 Å². The molecule has 2 aromatic rings. The normalized spacial score (nSPS) is 11.1. The summed E-state index contributed by atoms with van der Waals surface area (Å²) in [6.45, 7) is 1.45. The Balaban J connectivity index is 1.90. The second kappa shape index (κ2) is 7.56. The van der Waals surface area contributed by atoms with Crippen molar-refractivity contribution in [3.8, 4) is 5.75 Å². The van der Waals surface area contributed by atoms with Gasteiger partial charge in [0.05, 0.1) is 10.7 Å². The zero-order valence-electron chi connectivity index (χ0n) is 11.8. The standard InChI is InChI=1S/C16H14ClFN2O2/c1-11(12-5-4-6-13(18)9-12)19-20-16(21)10-22-15-8-3-2-7-14(15)17/h2-9H,10H2,1H3,(H,20,21)/b19-11+. The van der Waals surface area contributed by atoms with Crippen molar-refractivity contribution in [1.29, 1.82) is 0 Å². The van der Waals surface area contributed by atoms with E-state index in [-0.39, 0.29) is 12.4 Å². The van der Waals surface area contributed by atoms with Crippen LogP contribution in [0.3, 0.4) is 0 Å². The van der Waals surface area contributed by atoms with Gasteiger partial charge in [0.2, 0.25) is 0 Å². The molecule has 0 aliphatic rings. The van der Waals surface area contributed by atoms with Crippen LogP contribution in [0.25, 0.3) is 0 Å². The predicted octanol–water partition coefficient (Wildman–Crippen LogP) is 3.40. The average Bonchev–Trinajstić information content (AvgIpc) is 2.52. The van der Waals surface area contributed by atoms with Crippen molar-refractivity contribution in [2.75, 3.05) is 6.61 Å². The van der Waals surface area contributed by atoms with Crippen molar-refractivity contribution in [3.05, 3.63) is 64.9 Å². The second-order valence-electron chi connectivity index (χ2n) is 4.46. The first-order chi connectivity index (χ1) is 10.6. The van der Waals surface area contributed by atoms with Gasteiger partial charge in [0.1, 0.15) is 11.6 Å². The summed E-state index contributed by atoms with van der Waals surface area (Å²) < 4.78 is 18.4. The molecule has 0 radical (unpaired) electrons. The van der Waals surface area contributed by atoms with Gasteiger partial charge in [-0.2, -0.15) is 5.10 Å². The highest BCUT2D eigenvalue weighted by Crippen LogP contribution is 2.22. The first-order valence-corrected chi connectivity index (χ1v) is 6.90. The Morgan fingerprint density at radius 1 is 1.27 bits per heavy atom. The van der Waals surface area contributed by atoms with Gasteiger partial charge in [0.15, 0.2) is 6.61 Å². The molecular formula is C16H14ClFN2O2. The number of ether oxygens (including phenoxy) is 1. The van der Waals surface area contributed by atoms with Crippen molar-refractivity contribution in [3.63, 3.8) is 0 Å². The molecular weight excluding hydrogens is 307 g/mol. The fraction of sp³-hybridized carbons (Fsp3) is 0.125. The molecule has 0 fully saturated rings. The highest BCUT2D eigenvalue weighted by Gasteiger charge is 2.05. The van der Waals surface area contributed by atoms with E-state index in [1.54, 1.807) is 43.3 Å². The molecule has 6 heteroatoms. The van der Waals surface area contributed by atoms with Gasteiger partial charge in [-0.05, 0) is 31.2 Å². The number of rotatable bonds is 5. The Kier molecular flexibility index (Phi) is 5.49. The Morgan fingerprint density at radius 2 is 2.05 bits per heavy atom. The number of amides is 1. The van der Waals surface area contributed by atoms with Gasteiger partial charge < -0.3 is 4.74 Å². The summed E-state index contributed by atoms with van der Waals surface area (Å²) in [4.78, 5) is 11.7. The van der Waals surface area contributed by atoms with Gasteiger partial charge in [0, 0.05) is 5.56 Å². The molecule has 0 aliphatic carbocycles. The third-order valence-electron chi connectivity index (χ3n) is 2.79. The van der Waals surface area contributed by atoms with Crippen molar-refractivity contribution in [2.24, 2.45) is 5.10 Å². The Morgan fingerprint density at radius 3 is 2.77 bits per heavy atom. The van der Waals surface area contributed by atoms with Crippen LogP contribution in [0.4, 0.5) is 4.39 Å².